The lowest BCUT2D eigenvalue weighted by Gasteiger charge is -2.25. The van der Waals surface area contributed by atoms with Crippen molar-refractivity contribution < 1.29 is 0 Å². The molecule has 3 heteroatoms. The van der Waals surface area contributed by atoms with Gasteiger partial charge in [0.15, 0.2) is 0 Å². The predicted octanol–water partition coefficient (Wildman–Crippen LogP) is 3.61. The summed E-state index contributed by atoms with van der Waals surface area (Å²) in [7, 11) is 0. The Labute approximate surface area is 99.8 Å². The van der Waals surface area contributed by atoms with E-state index in [9.17, 15) is 0 Å². The SMILES string of the molecule is Brc1ccc(N2CCCCCCC2)nc1. The predicted molar refractivity (Wildman–Crippen MR) is 67.2 cm³/mol. The molecule has 0 N–H and O–H groups in total. The van der Waals surface area contributed by atoms with Crippen molar-refractivity contribution in [1.82, 2.24) is 4.98 Å². The molecule has 1 aromatic heterocycles. The van der Waals surface area contributed by atoms with Crippen LogP contribution >= 0.6 is 15.9 Å². The molecule has 1 aromatic rings. The highest BCUT2D eigenvalue weighted by Crippen LogP contribution is 2.18. The standard InChI is InChI=1S/C12H17BrN2/c13-11-6-7-12(14-10-11)15-8-4-2-1-3-5-9-15/h6-7,10H,1-5,8-9H2. The van der Waals surface area contributed by atoms with E-state index < -0.39 is 0 Å². The fourth-order valence-corrected chi connectivity index (χ4v) is 2.27. The first-order valence-corrected chi connectivity index (χ1v) is 6.52. The van der Waals surface area contributed by atoms with Crippen molar-refractivity contribution in [3.8, 4) is 0 Å². The highest BCUT2D eigenvalue weighted by molar-refractivity contribution is 9.10. The van der Waals surface area contributed by atoms with Gasteiger partial charge in [-0.15, -0.1) is 0 Å². The van der Waals surface area contributed by atoms with Crippen LogP contribution in [0, 0.1) is 0 Å². The zero-order valence-corrected chi connectivity index (χ0v) is 10.5. The van der Waals surface area contributed by atoms with Gasteiger partial charge in [-0.3, -0.25) is 0 Å². The molecule has 0 radical (unpaired) electrons. The first-order chi connectivity index (χ1) is 7.36. The van der Waals surface area contributed by atoms with Gasteiger partial charge in [-0.2, -0.15) is 0 Å². The second kappa shape index (κ2) is 5.50. The number of anilines is 1. The number of hydrogen-bond acceptors (Lipinski definition) is 2. The molecule has 15 heavy (non-hydrogen) atoms. The summed E-state index contributed by atoms with van der Waals surface area (Å²) >= 11 is 3.42. The van der Waals surface area contributed by atoms with E-state index in [1.165, 1.54) is 32.1 Å². The summed E-state index contributed by atoms with van der Waals surface area (Å²) in [6.07, 6.45) is 8.63. The van der Waals surface area contributed by atoms with Gasteiger partial charge in [0.2, 0.25) is 0 Å². The Morgan fingerprint density at radius 2 is 1.67 bits per heavy atom. The lowest BCUT2D eigenvalue weighted by atomic mass is 10.1. The lowest BCUT2D eigenvalue weighted by molar-refractivity contribution is 0.554. The fourth-order valence-electron chi connectivity index (χ4n) is 2.03. The van der Waals surface area contributed by atoms with Crippen LogP contribution in [0.2, 0.25) is 0 Å². The molecule has 0 spiro atoms. The smallest absolute Gasteiger partial charge is 0.128 e. The molecule has 0 unspecified atom stereocenters. The first-order valence-electron chi connectivity index (χ1n) is 5.73. The Kier molecular flexibility index (Phi) is 4.01. The van der Waals surface area contributed by atoms with E-state index in [0.717, 1.165) is 23.4 Å². The first kappa shape index (κ1) is 10.9. The molecule has 82 valence electrons. The van der Waals surface area contributed by atoms with Crippen molar-refractivity contribution in [3.05, 3.63) is 22.8 Å². The molecule has 1 fully saturated rings. The third-order valence-corrected chi connectivity index (χ3v) is 3.36. The van der Waals surface area contributed by atoms with Crippen molar-refractivity contribution in [1.29, 1.82) is 0 Å². The largest absolute Gasteiger partial charge is 0.357 e. The number of aromatic nitrogens is 1. The van der Waals surface area contributed by atoms with Gasteiger partial charge < -0.3 is 4.90 Å². The number of halogens is 1. The van der Waals surface area contributed by atoms with Gasteiger partial charge in [-0.25, -0.2) is 4.98 Å². The molecule has 1 aliphatic heterocycles. The van der Waals surface area contributed by atoms with Gasteiger partial charge in [-0.05, 0) is 40.9 Å². The van der Waals surface area contributed by atoms with Crippen LogP contribution in [0.15, 0.2) is 22.8 Å². The summed E-state index contributed by atoms with van der Waals surface area (Å²) in [5.74, 6) is 1.13. The second-order valence-corrected chi connectivity index (χ2v) is 5.01. The van der Waals surface area contributed by atoms with Crippen molar-refractivity contribution in [2.24, 2.45) is 0 Å². The maximum Gasteiger partial charge on any atom is 0.128 e. The zero-order chi connectivity index (χ0) is 10.5. The molecular weight excluding hydrogens is 252 g/mol. The Hall–Kier alpha value is -0.570. The van der Waals surface area contributed by atoms with Crippen LogP contribution < -0.4 is 4.90 Å². The second-order valence-electron chi connectivity index (χ2n) is 4.09. The minimum absolute atomic E-state index is 1.05. The van der Waals surface area contributed by atoms with Gasteiger partial charge in [0.1, 0.15) is 5.82 Å². The summed E-state index contributed by atoms with van der Waals surface area (Å²) in [4.78, 5) is 6.86. The molecule has 0 bridgehead atoms. The topological polar surface area (TPSA) is 16.1 Å². The van der Waals surface area contributed by atoms with Crippen LogP contribution in [0.3, 0.4) is 0 Å². The summed E-state index contributed by atoms with van der Waals surface area (Å²) < 4.78 is 1.05. The summed E-state index contributed by atoms with van der Waals surface area (Å²) in [6.45, 7) is 2.32. The van der Waals surface area contributed by atoms with Gasteiger partial charge in [0, 0.05) is 23.8 Å². The van der Waals surface area contributed by atoms with Crippen molar-refractivity contribution in [3.63, 3.8) is 0 Å². The minimum atomic E-state index is 1.05. The van der Waals surface area contributed by atoms with Crippen molar-refractivity contribution in [2.75, 3.05) is 18.0 Å². The number of pyridine rings is 1. The summed E-state index contributed by atoms with van der Waals surface area (Å²) in [5, 5.41) is 0. The van der Waals surface area contributed by atoms with E-state index in [2.05, 4.69) is 37.9 Å². The molecule has 0 aromatic carbocycles. The van der Waals surface area contributed by atoms with Crippen molar-refractivity contribution in [2.45, 2.75) is 32.1 Å². The van der Waals surface area contributed by atoms with Crippen LogP contribution in [-0.4, -0.2) is 18.1 Å². The molecule has 0 amide bonds. The average molecular weight is 269 g/mol. The molecule has 1 saturated heterocycles. The van der Waals surface area contributed by atoms with Gasteiger partial charge >= 0.3 is 0 Å². The van der Waals surface area contributed by atoms with E-state index >= 15 is 0 Å². The van der Waals surface area contributed by atoms with E-state index in [-0.39, 0.29) is 0 Å². The van der Waals surface area contributed by atoms with E-state index in [1.54, 1.807) is 0 Å². The van der Waals surface area contributed by atoms with Crippen LogP contribution in [-0.2, 0) is 0 Å². The fraction of sp³-hybridized carbons (Fsp3) is 0.583. The Morgan fingerprint density at radius 1 is 1.00 bits per heavy atom. The zero-order valence-electron chi connectivity index (χ0n) is 8.95. The quantitative estimate of drug-likeness (QED) is 0.774. The molecular formula is C12H17BrN2. The summed E-state index contributed by atoms with van der Waals surface area (Å²) in [6, 6.07) is 4.17. The Morgan fingerprint density at radius 3 is 2.27 bits per heavy atom. The molecule has 1 aliphatic rings. The van der Waals surface area contributed by atoms with Gasteiger partial charge in [-0.1, -0.05) is 19.3 Å². The molecule has 2 heterocycles. The van der Waals surface area contributed by atoms with Crippen LogP contribution in [0.4, 0.5) is 5.82 Å². The maximum absolute atomic E-state index is 4.45. The van der Waals surface area contributed by atoms with E-state index in [4.69, 9.17) is 0 Å². The summed E-state index contributed by atoms with van der Waals surface area (Å²) in [5.41, 5.74) is 0. The van der Waals surface area contributed by atoms with Gasteiger partial charge in [0.05, 0.1) is 0 Å². The molecule has 0 saturated carbocycles. The highest BCUT2D eigenvalue weighted by atomic mass is 79.9. The lowest BCUT2D eigenvalue weighted by Crippen LogP contribution is -2.27. The number of hydrogen-bond donors (Lipinski definition) is 0. The average Bonchev–Trinajstić information content (AvgIpc) is 2.19. The highest BCUT2D eigenvalue weighted by Gasteiger charge is 2.09. The van der Waals surface area contributed by atoms with Crippen molar-refractivity contribution >= 4 is 21.7 Å². The Balaban J connectivity index is 2.03. The normalized spacial score (nSPS) is 18.3. The van der Waals surface area contributed by atoms with E-state index in [1.807, 2.05) is 6.20 Å². The maximum atomic E-state index is 4.45. The number of rotatable bonds is 1. The van der Waals surface area contributed by atoms with E-state index in [0.29, 0.717) is 0 Å². The minimum Gasteiger partial charge on any atom is -0.357 e. The van der Waals surface area contributed by atoms with Crippen LogP contribution in [0.1, 0.15) is 32.1 Å². The molecule has 2 nitrogen and oxygen atoms in total. The Bertz CT molecular complexity index is 289. The third-order valence-electron chi connectivity index (χ3n) is 2.89. The molecule has 2 rings (SSSR count). The van der Waals surface area contributed by atoms with Gasteiger partial charge in [0.25, 0.3) is 0 Å². The molecule has 0 atom stereocenters. The monoisotopic (exact) mass is 268 g/mol. The molecule has 0 aliphatic carbocycles. The third kappa shape index (κ3) is 3.20. The van der Waals surface area contributed by atoms with Crippen LogP contribution in [0.25, 0.3) is 0 Å². The number of nitrogens with zero attached hydrogens (tertiary/aromatic N) is 2. The van der Waals surface area contributed by atoms with Crippen LogP contribution in [0.5, 0.6) is 0 Å².